The number of ether oxygens (including phenoxy) is 1. The van der Waals surface area contributed by atoms with Crippen LogP contribution < -0.4 is 10.1 Å². The van der Waals surface area contributed by atoms with Gasteiger partial charge in [0.2, 0.25) is 0 Å². The molecule has 0 spiro atoms. The van der Waals surface area contributed by atoms with Crippen molar-refractivity contribution in [3.05, 3.63) is 53.9 Å². The number of rotatable bonds is 5. The highest BCUT2D eigenvalue weighted by molar-refractivity contribution is 5.89. The van der Waals surface area contributed by atoms with Crippen molar-refractivity contribution in [2.24, 2.45) is 0 Å². The summed E-state index contributed by atoms with van der Waals surface area (Å²) in [6, 6.07) is 10.3. The third kappa shape index (κ3) is 3.22. The lowest BCUT2D eigenvalue weighted by molar-refractivity contribution is 0.0697. The van der Waals surface area contributed by atoms with Crippen LogP contribution in [0.3, 0.4) is 0 Å². The highest BCUT2D eigenvalue weighted by atomic mass is 16.5. The van der Waals surface area contributed by atoms with Crippen LogP contribution in [-0.4, -0.2) is 23.2 Å². The third-order valence-electron chi connectivity index (χ3n) is 2.63. The fraction of sp³-hybridized carbons (Fsp3) is 0.143. The highest BCUT2D eigenvalue weighted by Crippen LogP contribution is 2.25. The van der Waals surface area contributed by atoms with Crippen molar-refractivity contribution in [3.8, 4) is 5.75 Å². The molecular formula is C14H14N2O3. The number of aromatic nitrogens is 1. The van der Waals surface area contributed by atoms with Crippen molar-refractivity contribution in [3.63, 3.8) is 0 Å². The quantitative estimate of drug-likeness (QED) is 0.861. The van der Waals surface area contributed by atoms with Crippen molar-refractivity contribution < 1.29 is 14.6 Å². The van der Waals surface area contributed by atoms with E-state index in [9.17, 15) is 4.79 Å². The maximum Gasteiger partial charge on any atom is 0.335 e. The van der Waals surface area contributed by atoms with E-state index in [-0.39, 0.29) is 5.56 Å². The molecule has 0 aliphatic heterocycles. The lowest BCUT2D eigenvalue weighted by Crippen LogP contribution is -2.05. The van der Waals surface area contributed by atoms with Crippen LogP contribution in [0.5, 0.6) is 5.75 Å². The minimum absolute atomic E-state index is 0.212. The zero-order chi connectivity index (χ0) is 13.7. The van der Waals surface area contributed by atoms with Crippen molar-refractivity contribution in [2.45, 2.75) is 6.54 Å². The van der Waals surface area contributed by atoms with Gasteiger partial charge in [-0.05, 0) is 30.3 Å². The van der Waals surface area contributed by atoms with E-state index >= 15 is 0 Å². The van der Waals surface area contributed by atoms with Crippen LogP contribution in [0.15, 0.2) is 42.6 Å². The molecule has 19 heavy (non-hydrogen) atoms. The van der Waals surface area contributed by atoms with E-state index in [0.29, 0.717) is 18.0 Å². The van der Waals surface area contributed by atoms with Gasteiger partial charge in [0.25, 0.3) is 0 Å². The second-order valence-electron chi connectivity index (χ2n) is 3.89. The Bertz CT molecular complexity index is 570. The second-order valence-corrected chi connectivity index (χ2v) is 3.89. The van der Waals surface area contributed by atoms with Crippen LogP contribution >= 0.6 is 0 Å². The molecule has 98 valence electrons. The average Bonchev–Trinajstić information content (AvgIpc) is 2.45. The van der Waals surface area contributed by atoms with E-state index in [1.165, 1.54) is 6.07 Å². The molecule has 5 nitrogen and oxygen atoms in total. The topological polar surface area (TPSA) is 71.5 Å². The molecule has 1 aromatic carbocycles. The number of anilines is 1. The van der Waals surface area contributed by atoms with Crippen LogP contribution in [0.4, 0.5) is 5.69 Å². The van der Waals surface area contributed by atoms with E-state index < -0.39 is 5.97 Å². The van der Waals surface area contributed by atoms with Crippen molar-refractivity contribution in [1.29, 1.82) is 0 Å². The third-order valence-corrected chi connectivity index (χ3v) is 2.63. The molecule has 1 heterocycles. The van der Waals surface area contributed by atoms with Gasteiger partial charge in [0, 0.05) is 6.20 Å². The van der Waals surface area contributed by atoms with E-state index in [0.717, 1.165) is 5.69 Å². The number of hydrogen-bond donors (Lipinski definition) is 2. The number of carboxylic acid groups (broad SMARTS) is 1. The summed E-state index contributed by atoms with van der Waals surface area (Å²) >= 11 is 0. The predicted molar refractivity (Wildman–Crippen MR) is 71.5 cm³/mol. The molecule has 0 aliphatic rings. The number of carboxylic acids is 1. The molecule has 1 aromatic heterocycles. The van der Waals surface area contributed by atoms with Gasteiger partial charge >= 0.3 is 5.97 Å². The number of nitrogens with one attached hydrogen (secondary N) is 1. The van der Waals surface area contributed by atoms with E-state index in [4.69, 9.17) is 9.84 Å². The molecule has 0 atom stereocenters. The molecule has 0 fully saturated rings. The standard InChI is InChI=1S/C14H14N2O3/c1-19-13-6-5-10(14(17)18)8-12(13)16-9-11-4-2-3-7-15-11/h2-8,16H,9H2,1H3,(H,17,18). The zero-order valence-corrected chi connectivity index (χ0v) is 10.5. The summed E-state index contributed by atoms with van der Waals surface area (Å²) in [6.45, 7) is 0.500. The summed E-state index contributed by atoms with van der Waals surface area (Å²) in [5.41, 5.74) is 1.71. The Morgan fingerprint density at radius 3 is 2.84 bits per heavy atom. The molecule has 0 aliphatic carbocycles. The van der Waals surface area contributed by atoms with Gasteiger partial charge in [-0.2, -0.15) is 0 Å². The summed E-state index contributed by atoms with van der Waals surface area (Å²) in [7, 11) is 1.54. The Kier molecular flexibility index (Phi) is 3.97. The Hall–Kier alpha value is -2.56. The molecule has 2 aromatic rings. The van der Waals surface area contributed by atoms with Crippen molar-refractivity contribution >= 4 is 11.7 Å². The normalized spacial score (nSPS) is 9.95. The summed E-state index contributed by atoms with van der Waals surface area (Å²) in [6.07, 6.45) is 1.71. The first-order valence-electron chi connectivity index (χ1n) is 5.76. The van der Waals surface area contributed by atoms with Gasteiger partial charge in [0.1, 0.15) is 5.75 Å². The number of hydrogen-bond acceptors (Lipinski definition) is 4. The molecule has 0 bridgehead atoms. The first kappa shape index (κ1) is 12.9. The zero-order valence-electron chi connectivity index (χ0n) is 10.5. The Labute approximate surface area is 110 Å². The molecule has 0 unspecified atom stereocenters. The molecular weight excluding hydrogens is 244 g/mol. The van der Waals surface area contributed by atoms with Crippen LogP contribution in [0.25, 0.3) is 0 Å². The number of pyridine rings is 1. The van der Waals surface area contributed by atoms with E-state index in [2.05, 4.69) is 10.3 Å². The Morgan fingerprint density at radius 2 is 2.21 bits per heavy atom. The van der Waals surface area contributed by atoms with E-state index in [1.54, 1.807) is 25.4 Å². The maximum absolute atomic E-state index is 10.9. The molecule has 0 amide bonds. The van der Waals surface area contributed by atoms with Gasteiger partial charge in [0.05, 0.1) is 30.6 Å². The minimum atomic E-state index is -0.969. The van der Waals surface area contributed by atoms with Crippen molar-refractivity contribution in [2.75, 3.05) is 12.4 Å². The summed E-state index contributed by atoms with van der Waals surface area (Å²) in [4.78, 5) is 15.1. The number of aromatic carboxylic acids is 1. The molecule has 5 heteroatoms. The predicted octanol–water partition coefficient (Wildman–Crippen LogP) is 2.40. The fourth-order valence-electron chi connectivity index (χ4n) is 1.67. The number of carbonyl (C=O) groups is 1. The molecule has 0 saturated carbocycles. The van der Waals surface area contributed by atoms with Crippen LogP contribution in [0, 0.1) is 0 Å². The molecule has 2 N–H and O–H groups in total. The van der Waals surface area contributed by atoms with Gasteiger partial charge in [-0.1, -0.05) is 6.07 Å². The van der Waals surface area contributed by atoms with Crippen LogP contribution in [0.2, 0.25) is 0 Å². The monoisotopic (exact) mass is 258 g/mol. The lowest BCUT2D eigenvalue weighted by atomic mass is 10.2. The second kappa shape index (κ2) is 5.86. The van der Waals surface area contributed by atoms with Crippen LogP contribution in [0.1, 0.15) is 16.1 Å². The van der Waals surface area contributed by atoms with Crippen LogP contribution in [-0.2, 0) is 6.54 Å². The van der Waals surface area contributed by atoms with Gasteiger partial charge in [0.15, 0.2) is 0 Å². The highest BCUT2D eigenvalue weighted by Gasteiger charge is 2.08. The first-order chi connectivity index (χ1) is 9.20. The molecule has 2 rings (SSSR count). The Balaban J connectivity index is 2.18. The summed E-state index contributed by atoms with van der Waals surface area (Å²) < 4.78 is 5.19. The van der Waals surface area contributed by atoms with Gasteiger partial charge in [-0.15, -0.1) is 0 Å². The molecule has 0 saturated heterocycles. The summed E-state index contributed by atoms with van der Waals surface area (Å²) in [5, 5.41) is 12.1. The number of nitrogens with zero attached hydrogens (tertiary/aromatic N) is 1. The molecule has 0 radical (unpaired) electrons. The van der Waals surface area contributed by atoms with Gasteiger partial charge in [-0.25, -0.2) is 4.79 Å². The van der Waals surface area contributed by atoms with Gasteiger partial charge < -0.3 is 15.2 Å². The maximum atomic E-state index is 10.9. The Morgan fingerprint density at radius 1 is 1.37 bits per heavy atom. The van der Waals surface area contributed by atoms with E-state index in [1.807, 2.05) is 18.2 Å². The minimum Gasteiger partial charge on any atom is -0.495 e. The first-order valence-corrected chi connectivity index (χ1v) is 5.76. The largest absolute Gasteiger partial charge is 0.495 e. The van der Waals surface area contributed by atoms with Crippen molar-refractivity contribution in [1.82, 2.24) is 4.98 Å². The number of benzene rings is 1. The fourth-order valence-corrected chi connectivity index (χ4v) is 1.67. The lowest BCUT2D eigenvalue weighted by Gasteiger charge is -2.11. The average molecular weight is 258 g/mol. The number of methoxy groups -OCH3 is 1. The summed E-state index contributed by atoms with van der Waals surface area (Å²) in [5.74, 6) is -0.371. The smallest absolute Gasteiger partial charge is 0.335 e. The van der Waals surface area contributed by atoms with Gasteiger partial charge in [-0.3, -0.25) is 4.98 Å². The SMILES string of the molecule is COc1ccc(C(=O)O)cc1NCc1ccccn1.